The van der Waals surface area contributed by atoms with Crippen molar-refractivity contribution in [1.82, 2.24) is 48.5 Å². The summed E-state index contributed by atoms with van der Waals surface area (Å²) in [5, 5.41) is 41.3. The van der Waals surface area contributed by atoms with Gasteiger partial charge in [-0.1, -0.05) is 97.1 Å². The Morgan fingerprint density at radius 2 is 0.805 bits per heavy atom. The van der Waals surface area contributed by atoms with Crippen LogP contribution in [0, 0.1) is 0 Å². The van der Waals surface area contributed by atoms with Gasteiger partial charge in [0.15, 0.2) is 0 Å². The Morgan fingerprint density at radius 1 is 0.378 bits per heavy atom. The lowest BCUT2D eigenvalue weighted by Gasteiger charge is -2.10. The highest BCUT2D eigenvalue weighted by Crippen LogP contribution is 2.29. The minimum atomic E-state index is 0.719. The van der Waals surface area contributed by atoms with Crippen molar-refractivity contribution in [3.8, 4) is 0 Å². The second kappa shape index (κ2) is 25.8. The van der Waals surface area contributed by atoms with Gasteiger partial charge in [0.25, 0.3) is 0 Å². The van der Waals surface area contributed by atoms with Crippen molar-refractivity contribution in [2.75, 3.05) is 52.4 Å². The predicted octanol–water partition coefficient (Wildman–Crippen LogP) is 8.53. The van der Waals surface area contributed by atoms with Crippen molar-refractivity contribution in [3.63, 3.8) is 0 Å². The van der Waals surface area contributed by atoms with E-state index in [0.29, 0.717) is 0 Å². The molecule has 0 radical (unpaired) electrons. The van der Waals surface area contributed by atoms with Gasteiger partial charge >= 0.3 is 0 Å². The van der Waals surface area contributed by atoms with Gasteiger partial charge in [-0.25, -0.2) is 26.3 Å². The van der Waals surface area contributed by atoms with Gasteiger partial charge < -0.3 is 16.0 Å². The molecule has 5 heterocycles. The highest BCUT2D eigenvalue weighted by Gasteiger charge is 2.10. The SMILES string of the molecule is C(=N/NC1=NCCC1)/c1ccc2cc3ccc(CNNC4=NCCN4)cc3cc2c1.C(=N/NC1=NCCN1)/c1ccc2cc3cc(/C=N\NC4=NCCN4)ccc3cc2c1.C(=N\NC1=NCCC1)/c1c2ccccc2cc2ccccc12. The summed E-state index contributed by atoms with van der Waals surface area (Å²) in [4.78, 5) is 21.6. The van der Waals surface area contributed by atoms with Crippen LogP contribution in [0.2, 0.25) is 0 Å². The Hall–Kier alpha value is -10.1. The predicted molar refractivity (Wildman–Crippen MR) is 341 cm³/mol. The molecule has 0 atom stereocenters. The third kappa shape index (κ3) is 13.5. The van der Waals surface area contributed by atoms with Gasteiger partial charge in [0, 0.05) is 57.7 Å². The molecule has 0 saturated heterocycles. The van der Waals surface area contributed by atoms with Gasteiger partial charge in [-0.3, -0.25) is 31.3 Å². The first-order valence-electron chi connectivity index (χ1n) is 28.0. The van der Waals surface area contributed by atoms with Gasteiger partial charge in [0.1, 0.15) is 11.7 Å². The summed E-state index contributed by atoms with van der Waals surface area (Å²) in [6.07, 6.45) is 11.6. The van der Waals surface area contributed by atoms with Crippen molar-refractivity contribution < 1.29 is 0 Å². The van der Waals surface area contributed by atoms with Crippen molar-refractivity contribution in [2.24, 2.45) is 45.4 Å². The van der Waals surface area contributed by atoms with Crippen LogP contribution in [-0.4, -0.2) is 107 Å². The fourth-order valence-corrected chi connectivity index (χ4v) is 10.2. The van der Waals surface area contributed by atoms with Crippen LogP contribution in [0.4, 0.5) is 0 Å². The fourth-order valence-electron chi connectivity index (χ4n) is 10.2. The maximum atomic E-state index is 4.42. The lowest BCUT2D eigenvalue weighted by Crippen LogP contribution is -2.42. The standard InChI is InChI=1S/C23H25N7.C22H22N8.C19H17N3/c1-2-22(24-7-1)29-27-14-16-3-5-18-12-19-6-4-17(11-21(19)13-20(18)10-16)15-28-30-23-25-8-9-26-23;1-3-17-11-20-10-16(14-28-30-22-25-7-8-26-22)2-4-18(20)12-19(17)9-15(1)13-27-29-21-23-5-6-24-21;1-3-8-16-14(6-1)12-15-7-2-4-9-17(15)18(16)13-21-22-19-10-5-11-20-19/h3-6,10-14,28H,1-2,7-9,15H2,(H,24,29)(H2,25,26,30);1-4,9-14H,5-8H2,(H2,23,24,29)(H2,25,26,30);1-4,6-9,12-13H,5,10-11H2,(H,20,22)/b27-14-;27-13-,28-14-;21-13+. The lowest BCUT2D eigenvalue weighted by atomic mass is 9.97. The first-order chi connectivity index (χ1) is 40.6. The largest absolute Gasteiger partial charge is 0.353 e. The van der Waals surface area contributed by atoms with Crippen LogP contribution in [-0.2, 0) is 6.54 Å². The van der Waals surface area contributed by atoms with Gasteiger partial charge in [0.2, 0.25) is 17.9 Å². The molecule has 9 N–H and O–H groups in total. The molecule has 0 aliphatic carbocycles. The zero-order valence-electron chi connectivity index (χ0n) is 45.5. The number of guanidine groups is 3. The number of hydrazine groups is 1. The average Bonchev–Trinajstić information content (AvgIpc) is 4.18. The molecule has 0 saturated carbocycles. The third-order valence-electron chi connectivity index (χ3n) is 14.4. The van der Waals surface area contributed by atoms with Crippen LogP contribution in [0.25, 0.3) is 64.6 Å². The second-order valence-corrected chi connectivity index (χ2v) is 20.2. The molecular formula is C64H64N18. The normalized spacial score (nSPS) is 15.8. The maximum Gasteiger partial charge on any atom is 0.212 e. The van der Waals surface area contributed by atoms with E-state index >= 15 is 0 Å². The van der Waals surface area contributed by atoms with Crippen LogP contribution in [0.5, 0.6) is 0 Å². The summed E-state index contributed by atoms with van der Waals surface area (Å²) in [5.41, 5.74) is 23.8. The second-order valence-electron chi connectivity index (χ2n) is 20.2. The molecule has 9 aromatic rings. The Balaban J connectivity index is 0.000000123. The van der Waals surface area contributed by atoms with E-state index in [1.807, 2.05) is 24.9 Å². The van der Waals surface area contributed by atoms with E-state index in [0.717, 1.165) is 136 Å². The zero-order chi connectivity index (χ0) is 55.1. The number of rotatable bonds is 11. The quantitative estimate of drug-likeness (QED) is 0.0344. The molecule has 9 aromatic carbocycles. The summed E-state index contributed by atoms with van der Waals surface area (Å²) in [6.45, 7) is 7.55. The van der Waals surface area contributed by atoms with E-state index in [-0.39, 0.29) is 0 Å². The Morgan fingerprint density at radius 3 is 1.29 bits per heavy atom. The fraction of sp³-hybridized carbons (Fsp3) is 0.203. The number of fused-ring (bicyclic) bond motifs is 6. The summed E-state index contributed by atoms with van der Waals surface area (Å²) in [5.74, 6) is 4.22. The first kappa shape index (κ1) is 52.6. The van der Waals surface area contributed by atoms with Gasteiger partial charge in [-0.2, -0.15) is 20.4 Å². The van der Waals surface area contributed by atoms with E-state index in [4.69, 9.17) is 0 Å². The molecular weight excluding hydrogens is 1020 g/mol. The number of hydrazone groups is 4. The number of nitrogens with zero attached hydrogens (tertiary/aromatic N) is 9. The molecule has 0 amide bonds. The van der Waals surface area contributed by atoms with Gasteiger partial charge in [-0.05, 0) is 154 Å². The van der Waals surface area contributed by atoms with E-state index in [2.05, 4.69) is 246 Å². The monoisotopic (exact) mass is 1080 g/mol. The number of benzene rings is 9. The van der Waals surface area contributed by atoms with Gasteiger partial charge in [0.05, 0.1) is 44.5 Å². The van der Waals surface area contributed by atoms with E-state index in [9.17, 15) is 0 Å². The average molecular weight is 1090 g/mol. The number of nitrogens with one attached hydrogen (secondary N) is 9. The smallest absolute Gasteiger partial charge is 0.212 e. The maximum absolute atomic E-state index is 4.42. The number of hydrogen-bond donors (Lipinski definition) is 9. The summed E-state index contributed by atoms with van der Waals surface area (Å²) < 4.78 is 0. The highest BCUT2D eigenvalue weighted by atomic mass is 15.4. The topological polar surface area (TPSA) is 220 Å². The van der Waals surface area contributed by atoms with Crippen LogP contribution in [0.15, 0.2) is 197 Å². The molecule has 0 aromatic heterocycles. The minimum absolute atomic E-state index is 0.719. The van der Waals surface area contributed by atoms with Crippen molar-refractivity contribution in [1.29, 1.82) is 0 Å². The minimum Gasteiger partial charge on any atom is -0.353 e. The molecule has 5 aliphatic rings. The van der Waals surface area contributed by atoms with Crippen LogP contribution in [0.1, 0.15) is 53.5 Å². The summed E-state index contributed by atoms with van der Waals surface area (Å²) >= 11 is 0. The highest BCUT2D eigenvalue weighted by molar-refractivity contribution is 6.13. The molecule has 18 nitrogen and oxygen atoms in total. The number of amidine groups is 2. The molecule has 0 spiro atoms. The lowest BCUT2D eigenvalue weighted by molar-refractivity contribution is 0.643. The van der Waals surface area contributed by atoms with Crippen molar-refractivity contribution in [3.05, 3.63) is 179 Å². The molecule has 5 aliphatic heterocycles. The van der Waals surface area contributed by atoms with Gasteiger partial charge in [-0.15, -0.1) is 0 Å². The van der Waals surface area contributed by atoms with Crippen LogP contribution < -0.4 is 48.5 Å². The molecule has 18 heteroatoms. The van der Waals surface area contributed by atoms with Crippen molar-refractivity contribution in [2.45, 2.75) is 32.2 Å². The summed E-state index contributed by atoms with van der Waals surface area (Å²) in [6, 6.07) is 53.6. The molecule has 14 rings (SSSR count). The molecule has 0 bridgehead atoms. The van der Waals surface area contributed by atoms with E-state index in [1.165, 1.54) is 70.2 Å². The van der Waals surface area contributed by atoms with Crippen LogP contribution >= 0.6 is 0 Å². The number of aliphatic imine (C=N–C) groups is 5. The Kier molecular flexibility index (Phi) is 16.6. The molecule has 0 fully saturated rings. The molecule has 82 heavy (non-hydrogen) atoms. The summed E-state index contributed by atoms with van der Waals surface area (Å²) in [7, 11) is 0. The Bertz CT molecular complexity index is 3950. The third-order valence-corrected chi connectivity index (χ3v) is 14.4. The van der Waals surface area contributed by atoms with E-state index < -0.39 is 0 Å². The molecule has 0 unspecified atom stereocenters. The van der Waals surface area contributed by atoms with Crippen molar-refractivity contribution >= 4 is 119 Å². The first-order valence-corrected chi connectivity index (χ1v) is 28.0. The molecule has 410 valence electrons. The van der Waals surface area contributed by atoms with E-state index in [1.54, 1.807) is 0 Å². The zero-order valence-corrected chi connectivity index (χ0v) is 45.5. The van der Waals surface area contributed by atoms with Crippen LogP contribution in [0.3, 0.4) is 0 Å². The Labute approximate surface area is 475 Å². The number of hydrogen-bond acceptors (Lipinski definition) is 18.